The van der Waals surface area contributed by atoms with Crippen LogP contribution in [0.15, 0.2) is 55.1 Å². The van der Waals surface area contributed by atoms with E-state index in [1.54, 1.807) is 30.3 Å². The number of rotatable bonds is 5. The van der Waals surface area contributed by atoms with Crippen LogP contribution in [-0.4, -0.2) is 11.7 Å². The summed E-state index contributed by atoms with van der Waals surface area (Å²) in [5.74, 6) is -1.46. The van der Waals surface area contributed by atoms with Gasteiger partial charge in [-0.1, -0.05) is 36.9 Å². The Labute approximate surface area is 115 Å². The summed E-state index contributed by atoms with van der Waals surface area (Å²) in [7, 11) is 0. The molecule has 0 radical (unpaired) electrons. The van der Waals surface area contributed by atoms with Gasteiger partial charge >= 0.3 is 0 Å². The molecule has 2 nitrogen and oxygen atoms in total. The molecular formula is C16H14F2O2. The lowest BCUT2D eigenvalue weighted by atomic mass is 10.0. The number of benzene rings is 2. The second-order valence-corrected chi connectivity index (χ2v) is 4.21. The second kappa shape index (κ2) is 6.30. The lowest BCUT2D eigenvalue weighted by Gasteiger charge is -2.16. The lowest BCUT2D eigenvalue weighted by Crippen LogP contribution is -2.05. The van der Waals surface area contributed by atoms with Crippen LogP contribution >= 0.6 is 0 Å². The van der Waals surface area contributed by atoms with E-state index in [1.165, 1.54) is 6.07 Å². The zero-order chi connectivity index (χ0) is 14.5. The van der Waals surface area contributed by atoms with Crippen LogP contribution in [0.3, 0.4) is 0 Å². The van der Waals surface area contributed by atoms with Crippen molar-refractivity contribution < 1.29 is 18.6 Å². The zero-order valence-corrected chi connectivity index (χ0v) is 10.7. The van der Waals surface area contributed by atoms with Crippen LogP contribution in [0.5, 0.6) is 5.75 Å². The van der Waals surface area contributed by atoms with Crippen LogP contribution in [0.4, 0.5) is 8.78 Å². The molecule has 0 bridgehead atoms. The topological polar surface area (TPSA) is 29.5 Å². The summed E-state index contributed by atoms with van der Waals surface area (Å²) >= 11 is 0. The Balaban J connectivity index is 2.34. The van der Waals surface area contributed by atoms with Crippen molar-refractivity contribution in [3.05, 3.63) is 77.9 Å². The number of ether oxygens (including phenoxy) is 1. The van der Waals surface area contributed by atoms with Crippen molar-refractivity contribution in [2.45, 2.75) is 6.10 Å². The molecule has 1 N–H and O–H groups in total. The third-order valence-electron chi connectivity index (χ3n) is 2.83. The van der Waals surface area contributed by atoms with E-state index in [2.05, 4.69) is 6.58 Å². The van der Waals surface area contributed by atoms with Gasteiger partial charge in [0.15, 0.2) is 11.6 Å². The Morgan fingerprint density at radius 3 is 2.60 bits per heavy atom. The van der Waals surface area contributed by atoms with Gasteiger partial charge in [0, 0.05) is 5.56 Å². The highest BCUT2D eigenvalue weighted by Crippen LogP contribution is 2.30. The molecule has 0 spiro atoms. The van der Waals surface area contributed by atoms with Crippen LogP contribution in [0.25, 0.3) is 0 Å². The van der Waals surface area contributed by atoms with E-state index >= 15 is 0 Å². The molecule has 20 heavy (non-hydrogen) atoms. The summed E-state index contributed by atoms with van der Waals surface area (Å²) in [6.45, 7) is 3.84. The van der Waals surface area contributed by atoms with Crippen molar-refractivity contribution in [2.75, 3.05) is 6.61 Å². The fourth-order valence-electron chi connectivity index (χ4n) is 1.85. The van der Waals surface area contributed by atoms with Crippen LogP contribution in [0, 0.1) is 11.6 Å². The SMILES string of the molecule is C=CCOc1ccccc1C(O)c1ccc(F)c(F)c1. The maximum atomic E-state index is 13.2. The predicted molar refractivity (Wildman–Crippen MR) is 72.6 cm³/mol. The molecule has 0 saturated heterocycles. The first kappa shape index (κ1) is 14.2. The summed E-state index contributed by atoms with van der Waals surface area (Å²) in [6.07, 6.45) is 0.492. The summed E-state index contributed by atoms with van der Waals surface area (Å²) in [4.78, 5) is 0. The van der Waals surface area contributed by atoms with E-state index in [0.717, 1.165) is 12.1 Å². The molecule has 104 valence electrons. The van der Waals surface area contributed by atoms with E-state index in [1.807, 2.05) is 0 Å². The Bertz CT molecular complexity index is 611. The smallest absolute Gasteiger partial charge is 0.159 e. The number of hydrogen-bond acceptors (Lipinski definition) is 2. The van der Waals surface area contributed by atoms with Crippen molar-refractivity contribution in [3.63, 3.8) is 0 Å². The Kier molecular flexibility index (Phi) is 4.48. The molecule has 0 fully saturated rings. The Hall–Kier alpha value is -2.20. The minimum Gasteiger partial charge on any atom is -0.489 e. The Morgan fingerprint density at radius 1 is 1.15 bits per heavy atom. The maximum Gasteiger partial charge on any atom is 0.159 e. The van der Waals surface area contributed by atoms with E-state index in [9.17, 15) is 13.9 Å². The molecule has 0 aromatic heterocycles. The summed E-state index contributed by atoms with van der Waals surface area (Å²) in [5.41, 5.74) is 0.749. The lowest BCUT2D eigenvalue weighted by molar-refractivity contribution is 0.212. The molecule has 2 rings (SSSR count). The fraction of sp³-hybridized carbons (Fsp3) is 0.125. The first-order valence-corrected chi connectivity index (χ1v) is 6.09. The zero-order valence-electron chi connectivity index (χ0n) is 10.7. The molecule has 0 aliphatic heterocycles. The molecule has 1 unspecified atom stereocenters. The standard InChI is InChI=1S/C16H14F2O2/c1-2-9-20-15-6-4-3-5-12(15)16(19)11-7-8-13(17)14(18)10-11/h2-8,10,16,19H,1,9H2. The highest BCUT2D eigenvalue weighted by Gasteiger charge is 2.16. The number of aliphatic hydroxyl groups excluding tert-OH is 1. The van der Waals surface area contributed by atoms with Crippen LogP contribution < -0.4 is 4.74 Å². The number of aliphatic hydroxyl groups is 1. The highest BCUT2D eigenvalue weighted by molar-refractivity contribution is 5.40. The highest BCUT2D eigenvalue weighted by atomic mass is 19.2. The van der Waals surface area contributed by atoms with Gasteiger partial charge in [0.2, 0.25) is 0 Å². The number of para-hydroxylation sites is 1. The van der Waals surface area contributed by atoms with Gasteiger partial charge in [-0.15, -0.1) is 0 Å². The van der Waals surface area contributed by atoms with E-state index < -0.39 is 17.7 Å². The molecule has 2 aromatic carbocycles. The van der Waals surface area contributed by atoms with Gasteiger partial charge in [0.05, 0.1) is 0 Å². The quantitative estimate of drug-likeness (QED) is 0.845. The normalized spacial score (nSPS) is 11.9. The van der Waals surface area contributed by atoms with Gasteiger partial charge in [0.25, 0.3) is 0 Å². The largest absolute Gasteiger partial charge is 0.489 e. The first-order valence-electron chi connectivity index (χ1n) is 6.09. The van der Waals surface area contributed by atoms with Gasteiger partial charge in [-0.3, -0.25) is 0 Å². The van der Waals surface area contributed by atoms with Crippen molar-refractivity contribution in [1.29, 1.82) is 0 Å². The molecule has 0 aliphatic rings. The molecule has 0 amide bonds. The van der Waals surface area contributed by atoms with Crippen LogP contribution in [-0.2, 0) is 0 Å². The second-order valence-electron chi connectivity index (χ2n) is 4.21. The van der Waals surface area contributed by atoms with E-state index in [0.29, 0.717) is 17.9 Å². The predicted octanol–water partition coefficient (Wildman–Crippen LogP) is 3.61. The van der Waals surface area contributed by atoms with Crippen molar-refractivity contribution in [1.82, 2.24) is 0 Å². The molecule has 2 aromatic rings. The van der Waals surface area contributed by atoms with Crippen LogP contribution in [0.2, 0.25) is 0 Å². The third kappa shape index (κ3) is 3.03. The van der Waals surface area contributed by atoms with Gasteiger partial charge in [-0.2, -0.15) is 0 Å². The average Bonchev–Trinajstić information content (AvgIpc) is 2.47. The maximum absolute atomic E-state index is 13.2. The number of hydrogen-bond donors (Lipinski definition) is 1. The van der Waals surface area contributed by atoms with E-state index in [4.69, 9.17) is 4.74 Å². The third-order valence-corrected chi connectivity index (χ3v) is 2.83. The minimum atomic E-state index is -1.09. The summed E-state index contributed by atoms with van der Waals surface area (Å²) in [5, 5.41) is 10.3. The van der Waals surface area contributed by atoms with Gasteiger partial charge in [0.1, 0.15) is 18.5 Å². The van der Waals surface area contributed by atoms with E-state index in [-0.39, 0.29) is 5.56 Å². The van der Waals surface area contributed by atoms with Crippen molar-refractivity contribution >= 4 is 0 Å². The molecule has 4 heteroatoms. The first-order chi connectivity index (χ1) is 9.63. The van der Waals surface area contributed by atoms with Gasteiger partial charge in [-0.25, -0.2) is 8.78 Å². The van der Waals surface area contributed by atoms with Gasteiger partial charge < -0.3 is 9.84 Å². The molecule has 0 aliphatic carbocycles. The average molecular weight is 276 g/mol. The van der Waals surface area contributed by atoms with Crippen molar-refractivity contribution in [3.8, 4) is 5.75 Å². The van der Waals surface area contributed by atoms with Crippen molar-refractivity contribution in [2.24, 2.45) is 0 Å². The van der Waals surface area contributed by atoms with Gasteiger partial charge in [-0.05, 0) is 23.8 Å². The summed E-state index contributed by atoms with van der Waals surface area (Å²) in [6, 6.07) is 10.2. The molecule has 0 heterocycles. The Morgan fingerprint density at radius 2 is 1.90 bits per heavy atom. The monoisotopic (exact) mass is 276 g/mol. The van der Waals surface area contributed by atoms with Crippen LogP contribution in [0.1, 0.15) is 17.2 Å². The molecule has 1 atom stereocenters. The summed E-state index contributed by atoms with van der Waals surface area (Å²) < 4.78 is 31.6. The fourth-order valence-corrected chi connectivity index (χ4v) is 1.85. The molecule has 0 saturated carbocycles. The number of halogens is 2. The minimum absolute atomic E-state index is 0.263. The molecular weight excluding hydrogens is 262 g/mol.